The van der Waals surface area contributed by atoms with Gasteiger partial charge < -0.3 is 29.2 Å². The molecule has 3 heterocycles. The summed E-state index contributed by atoms with van der Waals surface area (Å²) in [4.78, 5) is 34.8. The van der Waals surface area contributed by atoms with E-state index in [1.807, 2.05) is 60.8 Å². The van der Waals surface area contributed by atoms with E-state index in [1.165, 1.54) is 5.56 Å². The molecule has 3 atom stereocenters. The van der Waals surface area contributed by atoms with Gasteiger partial charge in [0.15, 0.2) is 0 Å². The van der Waals surface area contributed by atoms with Crippen molar-refractivity contribution in [2.75, 3.05) is 44.7 Å². The minimum Gasteiger partial charge on any atom is -0.457 e. The van der Waals surface area contributed by atoms with E-state index in [0.29, 0.717) is 17.4 Å². The first-order valence-corrected chi connectivity index (χ1v) is 18.6. The van der Waals surface area contributed by atoms with Gasteiger partial charge in [-0.3, -0.25) is 0 Å². The molecule has 1 unspecified atom stereocenters. The first-order chi connectivity index (χ1) is 24.9. The monoisotopic (exact) mass is 689 g/mol. The molecule has 1 N–H and O–H groups in total. The number of aromatic nitrogens is 2. The highest BCUT2D eigenvalue weighted by atomic mass is 16.6. The second kappa shape index (κ2) is 15.7. The molecule has 7 rings (SSSR count). The molecule has 9 nitrogen and oxygen atoms in total. The maximum atomic E-state index is 12.6. The van der Waals surface area contributed by atoms with Crippen molar-refractivity contribution < 1.29 is 19.1 Å². The van der Waals surface area contributed by atoms with Crippen molar-refractivity contribution in [3.05, 3.63) is 120 Å². The molecule has 51 heavy (non-hydrogen) atoms. The number of piperidine rings is 1. The van der Waals surface area contributed by atoms with Gasteiger partial charge in [-0.2, -0.15) is 0 Å². The highest BCUT2D eigenvalue weighted by Crippen LogP contribution is 2.52. The van der Waals surface area contributed by atoms with Gasteiger partial charge in [-0.15, -0.1) is 0 Å². The second-order valence-corrected chi connectivity index (χ2v) is 14.7. The molecule has 2 aliphatic heterocycles. The largest absolute Gasteiger partial charge is 0.457 e. The number of imidazole rings is 1. The van der Waals surface area contributed by atoms with Crippen LogP contribution in [-0.4, -0.2) is 72.4 Å². The lowest BCUT2D eigenvalue weighted by Gasteiger charge is -2.51. The smallest absolute Gasteiger partial charge is 0.407 e. The van der Waals surface area contributed by atoms with Crippen molar-refractivity contribution in [3.8, 4) is 0 Å². The van der Waals surface area contributed by atoms with E-state index in [-0.39, 0.29) is 36.1 Å². The van der Waals surface area contributed by atoms with Gasteiger partial charge in [0.1, 0.15) is 18.5 Å². The topological polar surface area (TPSA) is 88.9 Å². The molecule has 0 radical (unpaired) electrons. The number of carbonyl (C=O) groups excluding carboxylic acids is 2. The van der Waals surface area contributed by atoms with Crippen LogP contribution in [0.1, 0.15) is 59.4 Å². The average molecular weight is 690 g/mol. The standard InChI is InChI=1S/C42H51N5O4/c1-31-44-22-25-46(31)30-42(35-12-7-4-8-13-35,38-14-9-15-39(38)51-41(49)43-2)36-20-23-45(24-21-36)26-33-27-47(28-33)37-18-16-34(17-19-37)40(48)50-29-32-10-5-3-6-11-32/h3-8,10-13,16-19,22,25,33,36,38-39H,9,14-15,20-21,23-24,26-30H2,1-2H3,(H,43,49)/t38?,39-,42+/m0/s1. The van der Waals surface area contributed by atoms with Crippen LogP contribution < -0.4 is 10.2 Å². The number of rotatable bonds is 12. The van der Waals surface area contributed by atoms with Crippen molar-refractivity contribution >= 4 is 17.7 Å². The van der Waals surface area contributed by atoms with Gasteiger partial charge in [-0.05, 0) is 93.4 Å². The van der Waals surface area contributed by atoms with E-state index < -0.39 is 0 Å². The van der Waals surface area contributed by atoms with Gasteiger partial charge in [-0.25, -0.2) is 14.6 Å². The molecule has 1 amide bonds. The minimum atomic E-state index is -0.339. The Kier molecular flexibility index (Phi) is 10.7. The van der Waals surface area contributed by atoms with Gasteiger partial charge in [0, 0.05) is 68.6 Å². The summed E-state index contributed by atoms with van der Waals surface area (Å²) in [7, 11) is 1.64. The van der Waals surface area contributed by atoms with Crippen LogP contribution >= 0.6 is 0 Å². The molecule has 1 aromatic heterocycles. The number of esters is 1. The zero-order valence-corrected chi connectivity index (χ0v) is 30.0. The number of carbonyl (C=O) groups is 2. The van der Waals surface area contributed by atoms with Crippen LogP contribution in [0, 0.1) is 24.7 Å². The zero-order valence-electron chi connectivity index (χ0n) is 30.0. The number of aryl methyl sites for hydroxylation is 1. The number of likely N-dealkylation sites (tertiary alicyclic amines) is 1. The van der Waals surface area contributed by atoms with Crippen LogP contribution in [0.4, 0.5) is 10.5 Å². The fourth-order valence-electron chi connectivity index (χ4n) is 9.05. The molecule has 4 aromatic rings. The van der Waals surface area contributed by atoms with E-state index in [0.717, 1.165) is 88.4 Å². The number of benzene rings is 3. The molecular formula is C42H51N5O4. The van der Waals surface area contributed by atoms with Gasteiger partial charge in [0.05, 0.1) is 5.56 Å². The molecule has 1 saturated carbocycles. The quantitative estimate of drug-likeness (QED) is 0.163. The average Bonchev–Trinajstić information content (AvgIpc) is 3.80. The molecule has 0 bridgehead atoms. The molecule has 9 heteroatoms. The van der Waals surface area contributed by atoms with Crippen molar-refractivity contribution in [3.63, 3.8) is 0 Å². The van der Waals surface area contributed by atoms with Crippen LogP contribution in [0.3, 0.4) is 0 Å². The summed E-state index contributed by atoms with van der Waals surface area (Å²) in [6.07, 6.45) is 8.75. The van der Waals surface area contributed by atoms with Crippen molar-refractivity contribution in [2.45, 2.75) is 63.7 Å². The number of hydrogen-bond donors (Lipinski definition) is 1. The lowest BCUT2D eigenvalue weighted by Crippen LogP contribution is -2.55. The van der Waals surface area contributed by atoms with Crippen molar-refractivity contribution in [2.24, 2.45) is 17.8 Å². The van der Waals surface area contributed by atoms with Crippen LogP contribution in [0.2, 0.25) is 0 Å². The van der Waals surface area contributed by atoms with E-state index in [1.54, 1.807) is 7.05 Å². The van der Waals surface area contributed by atoms with Crippen LogP contribution in [0.5, 0.6) is 0 Å². The van der Waals surface area contributed by atoms with E-state index >= 15 is 0 Å². The maximum Gasteiger partial charge on any atom is 0.407 e. The van der Waals surface area contributed by atoms with Crippen LogP contribution in [0.25, 0.3) is 0 Å². The molecule has 3 fully saturated rings. The molecule has 2 saturated heterocycles. The molecule has 3 aliphatic rings. The SMILES string of the molecule is CNC(=O)O[C@H]1CCCC1[C@](Cn1ccnc1C)(c1ccccc1)C1CCN(CC2CN(c3ccc(C(=O)OCc4ccccc4)cc3)C2)CC1. The van der Waals surface area contributed by atoms with E-state index in [2.05, 4.69) is 68.1 Å². The molecule has 1 aliphatic carbocycles. The summed E-state index contributed by atoms with van der Waals surface area (Å²) in [5.74, 6) is 1.99. The van der Waals surface area contributed by atoms with Gasteiger partial charge in [-0.1, -0.05) is 60.7 Å². The Morgan fingerprint density at radius 3 is 2.27 bits per heavy atom. The lowest BCUT2D eigenvalue weighted by molar-refractivity contribution is 0.00180. The fourth-order valence-corrected chi connectivity index (χ4v) is 9.05. The summed E-state index contributed by atoms with van der Waals surface area (Å²) in [6, 6.07) is 28.6. The Bertz CT molecular complexity index is 1730. The first-order valence-electron chi connectivity index (χ1n) is 18.6. The third kappa shape index (κ3) is 7.69. The van der Waals surface area contributed by atoms with Gasteiger partial charge in [0.2, 0.25) is 0 Å². The Labute approximate surface area is 302 Å². The van der Waals surface area contributed by atoms with Gasteiger partial charge >= 0.3 is 12.1 Å². The number of alkyl carbamates (subject to hydrolysis) is 1. The van der Waals surface area contributed by atoms with Crippen LogP contribution in [0.15, 0.2) is 97.3 Å². The van der Waals surface area contributed by atoms with Crippen LogP contribution in [-0.2, 0) is 28.0 Å². The summed E-state index contributed by atoms with van der Waals surface area (Å²) in [6.45, 7) is 8.45. The third-order valence-corrected chi connectivity index (χ3v) is 11.7. The van der Waals surface area contributed by atoms with Crippen molar-refractivity contribution in [1.82, 2.24) is 19.8 Å². The Morgan fingerprint density at radius 1 is 0.902 bits per heavy atom. The number of ether oxygens (including phenoxy) is 2. The zero-order chi connectivity index (χ0) is 35.2. The minimum absolute atomic E-state index is 0.123. The Morgan fingerprint density at radius 2 is 1.61 bits per heavy atom. The van der Waals surface area contributed by atoms with E-state index in [4.69, 9.17) is 9.47 Å². The predicted molar refractivity (Wildman–Crippen MR) is 199 cm³/mol. The van der Waals surface area contributed by atoms with Gasteiger partial charge in [0.25, 0.3) is 0 Å². The lowest BCUT2D eigenvalue weighted by atomic mass is 9.58. The fraction of sp³-hybridized carbons (Fsp3) is 0.452. The molecular weight excluding hydrogens is 638 g/mol. The molecule has 3 aromatic carbocycles. The second-order valence-electron chi connectivity index (χ2n) is 14.7. The summed E-state index contributed by atoms with van der Waals surface area (Å²) >= 11 is 0. The first kappa shape index (κ1) is 34.8. The number of nitrogens with one attached hydrogen (secondary N) is 1. The molecule has 0 spiro atoms. The molecule has 268 valence electrons. The van der Waals surface area contributed by atoms with Crippen molar-refractivity contribution in [1.29, 1.82) is 0 Å². The number of anilines is 1. The Hall–Kier alpha value is -4.63. The highest BCUT2D eigenvalue weighted by molar-refractivity contribution is 5.89. The predicted octanol–water partition coefficient (Wildman–Crippen LogP) is 6.86. The third-order valence-electron chi connectivity index (χ3n) is 11.7. The highest BCUT2D eigenvalue weighted by Gasteiger charge is 2.53. The summed E-state index contributed by atoms with van der Waals surface area (Å²) in [5.41, 5.74) is 3.86. The maximum absolute atomic E-state index is 12.6. The Balaban J connectivity index is 0.988. The number of amides is 1. The summed E-state index contributed by atoms with van der Waals surface area (Å²) < 4.78 is 13.9. The summed E-state index contributed by atoms with van der Waals surface area (Å²) in [5, 5.41) is 2.70. The number of hydrogen-bond acceptors (Lipinski definition) is 7. The number of nitrogens with zero attached hydrogens (tertiary/aromatic N) is 4. The van der Waals surface area contributed by atoms with E-state index in [9.17, 15) is 9.59 Å². The normalized spacial score (nSPS) is 21.1.